The molecule has 3 rings (SSSR count). The number of esters is 1. The van der Waals surface area contributed by atoms with Crippen molar-refractivity contribution in [3.8, 4) is 11.8 Å². The fraction of sp³-hybridized carbons (Fsp3) is 0.136. The highest BCUT2D eigenvalue weighted by molar-refractivity contribution is 6.02. The zero-order valence-electron chi connectivity index (χ0n) is 15.7. The zero-order valence-corrected chi connectivity index (χ0v) is 15.7. The van der Waals surface area contributed by atoms with Crippen molar-refractivity contribution in [3.63, 3.8) is 0 Å². The lowest BCUT2D eigenvalue weighted by Crippen LogP contribution is -2.18. The van der Waals surface area contributed by atoms with E-state index in [0.717, 1.165) is 0 Å². The molecule has 0 radical (unpaired) electrons. The second-order valence-electron chi connectivity index (χ2n) is 6.18. The molecule has 7 nitrogen and oxygen atoms in total. The van der Waals surface area contributed by atoms with Crippen LogP contribution in [0.15, 0.2) is 70.3 Å². The number of nitrogens with zero attached hydrogens (tertiary/aromatic N) is 1. The highest BCUT2D eigenvalue weighted by Crippen LogP contribution is 2.28. The van der Waals surface area contributed by atoms with Crippen LogP contribution in [0.4, 0.5) is 0 Å². The van der Waals surface area contributed by atoms with E-state index < -0.39 is 18.4 Å². The Kier molecular flexibility index (Phi) is 5.95. The van der Waals surface area contributed by atoms with E-state index in [1.165, 1.54) is 6.92 Å². The lowest BCUT2D eigenvalue weighted by Gasteiger charge is -2.07. The Morgan fingerprint density at radius 3 is 2.48 bits per heavy atom. The molecule has 0 unspecified atom stereocenters. The van der Waals surface area contributed by atoms with Gasteiger partial charge in [0.25, 0.3) is 0 Å². The third-order valence-electron chi connectivity index (χ3n) is 4.13. The summed E-state index contributed by atoms with van der Waals surface area (Å²) in [5.41, 5.74) is 6.32. The third-order valence-corrected chi connectivity index (χ3v) is 4.13. The Bertz CT molecular complexity index is 1120. The second-order valence-corrected chi connectivity index (χ2v) is 6.18. The minimum atomic E-state index is -0.826. The van der Waals surface area contributed by atoms with Crippen molar-refractivity contribution in [1.82, 2.24) is 0 Å². The molecule has 29 heavy (non-hydrogen) atoms. The maximum atomic E-state index is 12.6. The first kappa shape index (κ1) is 19.7. The number of nitriles is 1. The first-order valence-electron chi connectivity index (χ1n) is 8.76. The molecule has 0 saturated carbocycles. The van der Waals surface area contributed by atoms with Gasteiger partial charge in [0.05, 0.1) is 5.56 Å². The smallest absolute Gasteiger partial charge is 0.375 e. The predicted octanol–water partition coefficient (Wildman–Crippen LogP) is 3.49. The molecular formula is C22H18N2O5. The van der Waals surface area contributed by atoms with Gasteiger partial charge in [-0.3, -0.25) is 4.79 Å². The van der Waals surface area contributed by atoms with Gasteiger partial charge in [0.1, 0.15) is 29.6 Å². The number of carbonyl (C=O) groups excluding carboxylic acids is 2. The third kappa shape index (κ3) is 4.45. The maximum absolute atomic E-state index is 12.6. The number of allylic oxidation sites excluding steroid dienone is 1. The van der Waals surface area contributed by atoms with E-state index in [1.54, 1.807) is 36.4 Å². The van der Waals surface area contributed by atoms with Crippen LogP contribution in [0.2, 0.25) is 0 Å². The zero-order chi connectivity index (χ0) is 20.8. The molecule has 2 aromatic carbocycles. The molecule has 0 amide bonds. The summed E-state index contributed by atoms with van der Waals surface area (Å²) >= 11 is 0. The SMILES string of the molecule is C/C(N)=C(/C#N)C(=O)COC(=O)c1oc2ccccc2c1COc1ccccc1. The van der Waals surface area contributed by atoms with Crippen molar-refractivity contribution in [1.29, 1.82) is 5.26 Å². The number of ketones is 1. The van der Waals surface area contributed by atoms with Crippen molar-refractivity contribution in [2.45, 2.75) is 13.5 Å². The fourth-order valence-electron chi connectivity index (χ4n) is 2.72. The quantitative estimate of drug-likeness (QED) is 0.373. The van der Waals surface area contributed by atoms with E-state index >= 15 is 0 Å². The largest absolute Gasteiger partial charge is 0.489 e. The highest BCUT2D eigenvalue weighted by Gasteiger charge is 2.24. The van der Waals surface area contributed by atoms with Crippen LogP contribution in [0.25, 0.3) is 11.0 Å². The molecule has 0 saturated heterocycles. The van der Waals surface area contributed by atoms with E-state index in [-0.39, 0.29) is 23.6 Å². The number of benzene rings is 2. The van der Waals surface area contributed by atoms with Gasteiger partial charge in [-0.25, -0.2) is 4.79 Å². The molecule has 0 fully saturated rings. The van der Waals surface area contributed by atoms with Gasteiger partial charge < -0.3 is 19.6 Å². The molecule has 3 aromatic rings. The summed E-state index contributed by atoms with van der Waals surface area (Å²) in [5, 5.41) is 9.69. The van der Waals surface area contributed by atoms with Gasteiger partial charge in [-0.1, -0.05) is 36.4 Å². The first-order valence-corrected chi connectivity index (χ1v) is 8.76. The average molecular weight is 390 g/mol. The molecule has 0 aliphatic rings. The van der Waals surface area contributed by atoms with Crippen molar-refractivity contribution in [2.24, 2.45) is 5.73 Å². The topological polar surface area (TPSA) is 116 Å². The number of ether oxygens (including phenoxy) is 2. The molecule has 2 N–H and O–H groups in total. The molecule has 146 valence electrons. The number of rotatable bonds is 7. The Labute approximate surface area is 166 Å². The number of hydrogen-bond acceptors (Lipinski definition) is 7. The molecule has 1 heterocycles. The fourth-order valence-corrected chi connectivity index (χ4v) is 2.72. The van der Waals surface area contributed by atoms with Crippen LogP contribution < -0.4 is 10.5 Å². The first-order chi connectivity index (χ1) is 14.0. The van der Waals surface area contributed by atoms with E-state index in [1.807, 2.05) is 24.3 Å². The molecule has 0 aliphatic heterocycles. The lowest BCUT2D eigenvalue weighted by molar-refractivity contribution is -0.118. The molecular weight excluding hydrogens is 372 g/mol. The average Bonchev–Trinajstić information content (AvgIpc) is 3.10. The Balaban J connectivity index is 1.82. The van der Waals surface area contributed by atoms with Crippen LogP contribution >= 0.6 is 0 Å². The minimum absolute atomic E-state index is 0.0538. The lowest BCUT2D eigenvalue weighted by atomic mass is 10.1. The van der Waals surface area contributed by atoms with Crippen molar-refractivity contribution >= 4 is 22.7 Å². The van der Waals surface area contributed by atoms with Crippen molar-refractivity contribution in [2.75, 3.05) is 6.61 Å². The van der Waals surface area contributed by atoms with Gasteiger partial charge in [0, 0.05) is 11.1 Å². The number of carbonyl (C=O) groups is 2. The number of hydrogen-bond donors (Lipinski definition) is 1. The maximum Gasteiger partial charge on any atom is 0.375 e. The normalized spacial score (nSPS) is 11.4. The van der Waals surface area contributed by atoms with Crippen molar-refractivity contribution < 1.29 is 23.5 Å². The number of Topliss-reactive ketones (excluding diaryl/α,β-unsaturated/α-hetero) is 1. The summed E-state index contributed by atoms with van der Waals surface area (Å²) in [5.74, 6) is -0.927. The van der Waals surface area contributed by atoms with E-state index in [4.69, 9.17) is 24.9 Å². The van der Waals surface area contributed by atoms with Gasteiger partial charge in [0.2, 0.25) is 11.5 Å². The van der Waals surface area contributed by atoms with Gasteiger partial charge >= 0.3 is 5.97 Å². The molecule has 0 aliphatic carbocycles. The number of para-hydroxylation sites is 2. The van der Waals surface area contributed by atoms with Crippen LogP contribution in [0.5, 0.6) is 5.75 Å². The summed E-state index contributed by atoms with van der Waals surface area (Å²) in [6.45, 7) is 0.882. The predicted molar refractivity (Wildman–Crippen MR) is 105 cm³/mol. The summed E-state index contributed by atoms with van der Waals surface area (Å²) in [6, 6.07) is 18.0. The number of furan rings is 1. The van der Waals surface area contributed by atoms with Crippen LogP contribution in [0, 0.1) is 11.3 Å². The summed E-state index contributed by atoms with van der Waals surface area (Å²) in [7, 11) is 0. The highest BCUT2D eigenvalue weighted by atomic mass is 16.5. The summed E-state index contributed by atoms with van der Waals surface area (Å²) < 4.78 is 16.5. The van der Waals surface area contributed by atoms with Crippen molar-refractivity contribution in [3.05, 3.63) is 77.2 Å². The molecule has 0 spiro atoms. The van der Waals surface area contributed by atoms with Gasteiger partial charge in [-0.2, -0.15) is 5.26 Å². The Hall–Kier alpha value is -4.05. The van der Waals surface area contributed by atoms with Crippen LogP contribution in [-0.2, 0) is 16.1 Å². The van der Waals surface area contributed by atoms with Gasteiger partial charge in [0.15, 0.2) is 6.61 Å². The molecule has 0 atom stereocenters. The summed E-state index contributed by atoms with van der Waals surface area (Å²) in [6.07, 6.45) is 0. The second kappa shape index (κ2) is 8.76. The molecule has 7 heteroatoms. The van der Waals surface area contributed by atoms with Crippen LogP contribution in [0.1, 0.15) is 23.0 Å². The number of fused-ring (bicyclic) bond motifs is 1. The Morgan fingerprint density at radius 1 is 1.10 bits per heavy atom. The van der Waals surface area contributed by atoms with Gasteiger partial charge in [-0.05, 0) is 25.1 Å². The standard InChI is InChI=1S/C22H18N2O5/c1-14(24)17(11-23)19(25)13-28-22(26)21-18(12-27-15-7-3-2-4-8-15)16-9-5-6-10-20(16)29-21/h2-10H,12-13,24H2,1H3/b17-14+. The summed E-state index contributed by atoms with van der Waals surface area (Å²) in [4.78, 5) is 24.6. The number of nitrogens with two attached hydrogens (primary N) is 1. The van der Waals surface area contributed by atoms with E-state index in [9.17, 15) is 9.59 Å². The minimum Gasteiger partial charge on any atom is -0.489 e. The van der Waals surface area contributed by atoms with E-state index in [2.05, 4.69) is 0 Å². The monoisotopic (exact) mass is 390 g/mol. The van der Waals surface area contributed by atoms with Gasteiger partial charge in [-0.15, -0.1) is 0 Å². The molecule has 0 bridgehead atoms. The van der Waals surface area contributed by atoms with Crippen LogP contribution in [0.3, 0.4) is 0 Å². The molecule has 1 aromatic heterocycles. The van der Waals surface area contributed by atoms with Crippen LogP contribution in [-0.4, -0.2) is 18.4 Å². The van der Waals surface area contributed by atoms with E-state index in [0.29, 0.717) is 22.3 Å². The Morgan fingerprint density at radius 2 is 1.79 bits per heavy atom.